The van der Waals surface area contributed by atoms with E-state index < -0.39 is 0 Å². The highest BCUT2D eigenvalue weighted by Gasteiger charge is 2.11. The topological polar surface area (TPSA) is 65.2 Å². The third-order valence-corrected chi connectivity index (χ3v) is 4.59. The molecule has 0 amide bonds. The summed E-state index contributed by atoms with van der Waals surface area (Å²) in [4.78, 5) is 0. The molecule has 0 aliphatic rings. The fourth-order valence-corrected chi connectivity index (χ4v) is 3.21. The Labute approximate surface area is 151 Å². The summed E-state index contributed by atoms with van der Waals surface area (Å²) >= 11 is 0. The van der Waals surface area contributed by atoms with Crippen LogP contribution >= 0.6 is 0 Å². The highest BCUT2D eigenvalue weighted by Crippen LogP contribution is 2.40. The van der Waals surface area contributed by atoms with Gasteiger partial charge in [0.15, 0.2) is 5.75 Å². The van der Waals surface area contributed by atoms with Crippen molar-refractivity contribution in [1.29, 1.82) is 0 Å². The fraction of sp³-hybridized carbons (Fsp3) is 0.0909. The number of aromatic hydroxyl groups is 2. The molecule has 4 heteroatoms. The number of fused-ring (bicyclic) bond motifs is 2. The average molecular weight is 342 g/mol. The molecular formula is C22H18N2O2. The normalized spacial score (nSPS) is 11.6. The molecular weight excluding hydrogens is 324 g/mol. The maximum Gasteiger partial charge on any atom is 0.150 e. The average Bonchev–Trinajstić information content (AvgIpc) is 2.63. The van der Waals surface area contributed by atoms with Gasteiger partial charge in [-0.3, -0.25) is 0 Å². The predicted octanol–water partition coefficient (Wildman–Crippen LogP) is 6.44. The first-order valence-corrected chi connectivity index (χ1v) is 8.40. The number of phenols is 2. The number of nitrogens with zero attached hydrogens (tertiary/aromatic N) is 2. The number of hydrogen-bond acceptors (Lipinski definition) is 4. The molecule has 0 atom stereocenters. The Morgan fingerprint density at radius 1 is 0.731 bits per heavy atom. The van der Waals surface area contributed by atoms with Crippen LogP contribution < -0.4 is 0 Å². The number of benzene rings is 4. The van der Waals surface area contributed by atoms with Crippen LogP contribution in [0.2, 0.25) is 0 Å². The molecule has 0 bridgehead atoms. The molecule has 0 radical (unpaired) electrons. The van der Waals surface area contributed by atoms with Crippen LogP contribution in [0.25, 0.3) is 21.5 Å². The Kier molecular flexibility index (Phi) is 3.81. The number of hydrogen-bond donors (Lipinski definition) is 2. The minimum absolute atomic E-state index is 0.0721. The molecule has 128 valence electrons. The van der Waals surface area contributed by atoms with Crippen LogP contribution in [0.15, 0.2) is 70.9 Å². The van der Waals surface area contributed by atoms with Crippen LogP contribution in [0.1, 0.15) is 11.1 Å². The van der Waals surface area contributed by atoms with Crippen molar-refractivity contribution in [1.82, 2.24) is 0 Å². The lowest BCUT2D eigenvalue weighted by Gasteiger charge is -2.09. The zero-order chi connectivity index (χ0) is 18.3. The first-order valence-electron chi connectivity index (χ1n) is 8.40. The Hall–Kier alpha value is -3.40. The van der Waals surface area contributed by atoms with Crippen LogP contribution in [0, 0.1) is 13.8 Å². The van der Waals surface area contributed by atoms with Crippen molar-refractivity contribution in [3.63, 3.8) is 0 Å². The fourth-order valence-electron chi connectivity index (χ4n) is 3.21. The third kappa shape index (κ3) is 2.65. The van der Waals surface area contributed by atoms with E-state index in [1.807, 2.05) is 56.3 Å². The first-order chi connectivity index (χ1) is 12.5. The van der Waals surface area contributed by atoms with Gasteiger partial charge in [0, 0.05) is 10.8 Å². The minimum Gasteiger partial charge on any atom is -0.506 e. The van der Waals surface area contributed by atoms with Crippen molar-refractivity contribution in [2.24, 2.45) is 10.2 Å². The van der Waals surface area contributed by atoms with Gasteiger partial charge in [-0.05, 0) is 42.3 Å². The molecule has 4 rings (SSSR count). The minimum atomic E-state index is 0.0721. The number of aryl methyl sites for hydroxylation is 2. The quantitative estimate of drug-likeness (QED) is 0.412. The van der Waals surface area contributed by atoms with Gasteiger partial charge in [0.25, 0.3) is 0 Å². The summed E-state index contributed by atoms with van der Waals surface area (Å²) in [6.07, 6.45) is 0. The maximum atomic E-state index is 10.5. The predicted molar refractivity (Wildman–Crippen MR) is 105 cm³/mol. The molecule has 0 saturated heterocycles. The second-order valence-corrected chi connectivity index (χ2v) is 6.46. The molecule has 0 fully saturated rings. The second kappa shape index (κ2) is 6.15. The molecule has 0 unspecified atom stereocenters. The largest absolute Gasteiger partial charge is 0.506 e. The van der Waals surface area contributed by atoms with Gasteiger partial charge in [-0.1, -0.05) is 54.1 Å². The molecule has 0 heterocycles. The molecule has 2 N–H and O–H groups in total. The van der Waals surface area contributed by atoms with Gasteiger partial charge in [-0.15, -0.1) is 10.2 Å². The summed E-state index contributed by atoms with van der Waals surface area (Å²) in [5, 5.41) is 32.8. The van der Waals surface area contributed by atoms with Gasteiger partial charge < -0.3 is 10.2 Å². The van der Waals surface area contributed by atoms with Crippen LogP contribution in [-0.4, -0.2) is 10.2 Å². The van der Waals surface area contributed by atoms with Gasteiger partial charge >= 0.3 is 0 Å². The first kappa shape index (κ1) is 16.1. The highest BCUT2D eigenvalue weighted by atomic mass is 16.3. The van der Waals surface area contributed by atoms with E-state index in [9.17, 15) is 10.2 Å². The molecule has 0 aliphatic carbocycles. The summed E-state index contributed by atoms with van der Waals surface area (Å²) < 4.78 is 0. The van der Waals surface area contributed by atoms with E-state index >= 15 is 0 Å². The monoisotopic (exact) mass is 342 g/mol. The van der Waals surface area contributed by atoms with E-state index in [4.69, 9.17) is 0 Å². The summed E-state index contributed by atoms with van der Waals surface area (Å²) in [6.45, 7) is 3.98. The molecule has 0 saturated carbocycles. The molecule has 0 aliphatic heterocycles. The molecule has 4 aromatic rings. The Balaban J connectivity index is 1.86. The molecule has 0 aromatic heterocycles. The van der Waals surface area contributed by atoms with Crippen molar-refractivity contribution >= 4 is 32.9 Å². The highest BCUT2D eigenvalue weighted by molar-refractivity contribution is 5.98. The molecule has 4 nitrogen and oxygen atoms in total. The smallest absolute Gasteiger partial charge is 0.150 e. The van der Waals surface area contributed by atoms with E-state index in [1.54, 1.807) is 12.1 Å². The summed E-state index contributed by atoms with van der Waals surface area (Å²) in [7, 11) is 0. The number of azo groups is 1. The van der Waals surface area contributed by atoms with Gasteiger partial charge in [0.05, 0.1) is 0 Å². The molecule has 0 spiro atoms. The summed E-state index contributed by atoms with van der Waals surface area (Å²) in [6, 6.07) is 18.8. The van der Waals surface area contributed by atoms with E-state index in [-0.39, 0.29) is 11.5 Å². The lowest BCUT2D eigenvalue weighted by molar-refractivity contribution is 0.476. The zero-order valence-corrected chi connectivity index (χ0v) is 14.6. The van der Waals surface area contributed by atoms with Crippen molar-refractivity contribution in [3.05, 3.63) is 71.8 Å². The summed E-state index contributed by atoms with van der Waals surface area (Å²) in [5.41, 5.74) is 2.89. The Morgan fingerprint density at radius 3 is 2.38 bits per heavy atom. The van der Waals surface area contributed by atoms with Crippen LogP contribution in [0.3, 0.4) is 0 Å². The van der Waals surface area contributed by atoms with Gasteiger partial charge in [0.2, 0.25) is 0 Å². The molecule has 26 heavy (non-hydrogen) atoms. The van der Waals surface area contributed by atoms with Crippen molar-refractivity contribution in [2.45, 2.75) is 13.8 Å². The van der Waals surface area contributed by atoms with Crippen molar-refractivity contribution < 1.29 is 10.2 Å². The standard InChI is InChI=1S/C22H18N2O2/c1-13-7-9-17-18(11-13)14(2)12-20(25)21(17)24-23-19-10-8-15-5-3-4-6-16(15)22(19)26/h3-12,25-26H,1-2H3. The third-order valence-electron chi connectivity index (χ3n) is 4.59. The van der Waals surface area contributed by atoms with Gasteiger partial charge in [0.1, 0.15) is 17.1 Å². The Morgan fingerprint density at radius 2 is 1.54 bits per heavy atom. The molecule has 4 aromatic carbocycles. The van der Waals surface area contributed by atoms with E-state index in [2.05, 4.69) is 16.3 Å². The zero-order valence-electron chi connectivity index (χ0n) is 14.6. The summed E-state index contributed by atoms with van der Waals surface area (Å²) in [5.74, 6) is 0.154. The van der Waals surface area contributed by atoms with Gasteiger partial charge in [-0.2, -0.15) is 0 Å². The van der Waals surface area contributed by atoms with Crippen LogP contribution in [0.5, 0.6) is 11.5 Å². The van der Waals surface area contributed by atoms with Gasteiger partial charge in [-0.25, -0.2) is 0 Å². The van der Waals surface area contributed by atoms with Crippen molar-refractivity contribution in [3.8, 4) is 11.5 Å². The second-order valence-electron chi connectivity index (χ2n) is 6.46. The number of phenolic OH excluding ortho intramolecular Hbond substituents is 2. The van der Waals surface area contributed by atoms with E-state index in [0.717, 1.165) is 32.7 Å². The maximum absolute atomic E-state index is 10.5. The number of rotatable bonds is 2. The van der Waals surface area contributed by atoms with E-state index in [0.29, 0.717) is 11.4 Å². The van der Waals surface area contributed by atoms with Crippen LogP contribution in [-0.2, 0) is 0 Å². The SMILES string of the molecule is Cc1ccc2c(N=Nc3ccc4ccccc4c3O)c(O)cc(C)c2c1. The van der Waals surface area contributed by atoms with Crippen molar-refractivity contribution in [2.75, 3.05) is 0 Å². The van der Waals surface area contributed by atoms with E-state index in [1.165, 1.54) is 0 Å². The lowest BCUT2D eigenvalue weighted by Crippen LogP contribution is -1.82. The van der Waals surface area contributed by atoms with Crippen LogP contribution in [0.4, 0.5) is 11.4 Å². The Bertz CT molecular complexity index is 1180. The lowest BCUT2D eigenvalue weighted by atomic mass is 10.0.